The molecule has 0 unspecified atom stereocenters. The quantitative estimate of drug-likeness (QED) is 0.332. The third-order valence-electron chi connectivity index (χ3n) is 5.89. The van der Waals surface area contributed by atoms with Gasteiger partial charge < -0.3 is 18.9 Å². The Morgan fingerprint density at radius 3 is 2.47 bits per heavy atom. The van der Waals surface area contributed by atoms with Crippen LogP contribution in [-0.4, -0.2) is 48.8 Å². The van der Waals surface area contributed by atoms with Crippen LogP contribution < -0.4 is 9.47 Å². The van der Waals surface area contributed by atoms with Gasteiger partial charge in [-0.15, -0.1) is 0 Å². The number of alkyl halides is 3. The topological polar surface area (TPSA) is 77.7 Å². The van der Waals surface area contributed by atoms with Gasteiger partial charge in [-0.05, 0) is 43.2 Å². The largest absolute Gasteiger partial charge is 0.493 e. The van der Waals surface area contributed by atoms with Crippen molar-refractivity contribution in [3.8, 4) is 22.8 Å². The molecule has 0 bridgehead atoms. The van der Waals surface area contributed by atoms with Gasteiger partial charge in [0, 0.05) is 19.2 Å². The summed E-state index contributed by atoms with van der Waals surface area (Å²) in [6.45, 7) is 1.99. The fourth-order valence-corrected chi connectivity index (χ4v) is 4.00. The molecule has 0 atom stereocenters. The van der Waals surface area contributed by atoms with Crippen LogP contribution in [0.3, 0.4) is 0 Å². The first-order valence-electron chi connectivity index (χ1n) is 11.0. The molecule has 0 saturated carbocycles. The monoisotopic (exact) mass is 499 g/mol. The van der Waals surface area contributed by atoms with E-state index in [1.807, 2.05) is 12.1 Å². The van der Waals surface area contributed by atoms with Crippen LogP contribution in [0, 0.1) is 6.92 Å². The van der Waals surface area contributed by atoms with Crippen LogP contribution in [0.1, 0.15) is 27.2 Å². The first-order chi connectivity index (χ1) is 17.1. The Bertz CT molecular complexity index is 1420. The predicted octanol–water partition coefficient (Wildman–Crippen LogP) is 5.55. The van der Waals surface area contributed by atoms with E-state index >= 15 is 0 Å². The van der Waals surface area contributed by atoms with Crippen LogP contribution in [-0.2, 0) is 12.6 Å². The second-order valence-corrected chi connectivity index (χ2v) is 8.21. The molecule has 0 spiro atoms. The molecule has 2 aromatic heterocycles. The van der Waals surface area contributed by atoms with Gasteiger partial charge in [0.25, 0.3) is 11.6 Å². The third-order valence-corrected chi connectivity index (χ3v) is 5.89. The molecular formula is C26H24F3N3O4. The van der Waals surface area contributed by atoms with Crippen molar-refractivity contribution in [2.24, 2.45) is 0 Å². The molecule has 0 aliphatic heterocycles. The van der Waals surface area contributed by atoms with E-state index in [2.05, 4.69) is 10.1 Å². The highest BCUT2D eigenvalue weighted by atomic mass is 19.4. The number of carbonyl (C=O) groups is 1. The van der Waals surface area contributed by atoms with Gasteiger partial charge in [0.15, 0.2) is 11.5 Å². The fraction of sp³-hybridized carbons (Fsp3) is 0.269. The number of rotatable bonds is 7. The van der Waals surface area contributed by atoms with Gasteiger partial charge in [-0.3, -0.25) is 4.79 Å². The third kappa shape index (κ3) is 4.84. The number of hydrogen-bond acceptors (Lipinski definition) is 6. The average Bonchev–Trinajstić information content (AvgIpc) is 3.26. The minimum atomic E-state index is -4.59. The van der Waals surface area contributed by atoms with E-state index in [-0.39, 0.29) is 28.4 Å². The number of halogens is 3. The number of nitrogens with zero attached hydrogens (tertiary/aromatic N) is 3. The van der Waals surface area contributed by atoms with Crippen LogP contribution in [0.2, 0.25) is 0 Å². The van der Waals surface area contributed by atoms with Gasteiger partial charge in [-0.25, -0.2) is 4.98 Å². The number of pyridine rings is 1. The summed E-state index contributed by atoms with van der Waals surface area (Å²) >= 11 is 0. The minimum Gasteiger partial charge on any atom is -0.493 e. The van der Waals surface area contributed by atoms with Crippen molar-refractivity contribution in [3.05, 3.63) is 70.9 Å². The highest BCUT2D eigenvalue weighted by Crippen LogP contribution is 2.38. The van der Waals surface area contributed by atoms with E-state index in [4.69, 9.17) is 14.0 Å². The molecule has 4 rings (SSSR count). The molecule has 0 aliphatic rings. The summed E-state index contributed by atoms with van der Waals surface area (Å²) in [5, 5.41) is 4.24. The number of likely N-dealkylation sites (N-methyl/N-ethyl adjacent to an activating group) is 1. The number of aromatic nitrogens is 2. The lowest BCUT2D eigenvalue weighted by atomic mass is 10.00. The van der Waals surface area contributed by atoms with Crippen molar-refractivity contribution >= 4 is 17.0 Å². The fourth-order valence-electron chi connectivity index (χ4n) is 4.00. The Kier molecular flexibility index (Phi) is 6.87. The zero-order chi connectivity index (χ0) is 26.0. The summed E-state index contributed by atoms with van der Waals surface area (Å²) in [7, 11) is 4.72. The van der Waals surface area contributed by atoms with Gasteiger partial charge in [0.1, 0.15) is 0 Å². The smallest absolute Gasteiger partial charge is 0.417 e. The molecular weight excluding hydrogens is 475 g/mol. The summed E-state index contributed by atoms with van der Waals surface area (Å²) in [4.78, 5) is 19.2. The highest BCUT2D eigenvalue weighted by Gasteiger charge is 2.34. The van der Waals surface area contributed by atoms with Gasteiger partial charge in [0.2, 0.25) is 0 Å². The second-order valence-electron chi connectivity index (χ2n) is 8.21. The Balaban J connectivity index is 1.68. The van der Waals surface area contributed by atoms with Crippen LogP contribution in [0.15, 0.2) is 53.1 Å². The van der Waals surface area contributed by atoms with E-state index in [0.717, 1.165) is 11.6 Å². The molecule has 0 N–H and O–H groups in total. The summed E-state index contributed by atoms with van der Waals surface area (Å²) in [6.07, 6.45) is -4.08. The number of methoxy groups -OCH3 is 2. The Morgan fingerprint density at radius 2 is 1.78 bits per heavy atom. The van der Waals surface area contributed by atoms with E-state index in [0.29, 0.717) is 35.5 Å². The van der Waals surface area contributed by atoms with E-state index in [1.54, 1.807) is 34.3 Å². The molecule has 188 valence electrons. The highest BCUT2D eigenvalue weighted by molar-refractivity contribution is 6.07. The summed E-state index contributed by atoms with van der Waals surface area (Å²) in [5.41, 5.74) is 0.483. The summed E-state index contributed by atoms with van der Waals surface area (Å²) in [5.74, 6) is 0.785. The average molecular weight is 499 g/mol. The first-order valence-corrected chi connectivity index (χ1v) is 11.0. The molecule has 2 heterocycles. The number of carbonyl (C=O) groups excluding carboxylic acids is 1. The molecule has 1 amide bonds. The van der Waals surface area contributed by atoms with E-state index in [9.17, 15) is 18.0 Å². The molecule has 0 radical (unpaired) electrons. The maximum Gasteiger partial charge on any atom is 0.417 e. The SMILES string of the molecule is COc1ccc(CCN(C)C(=O)c2cc(-c3ccccc3C(F)(F)F)nc3onc(C)c23)cc1OC. The Morgan fingerprint density at radius 1 is 1.06 bits per heavy atom. The van der Waals surface area contributed by atoms with Gasteiger partial charge >= 0.3 is 6.18 Å². The lowest BCUT2D eigenvalue weighted by molar-refractivity contribution is -0.137. The van der Waals surface area contributed by atoms with Crippen LogP contribution in [0.25, 0.3) is 22.4 Å². The molecule has 4 aromatic rings. The molecule has 10 heteroatoms. The number of aryl methyl sites for hydroxylation is 1. The standard InChI is InChI=1S/C26H24F3N3O4/c1-15-23-18(25(33)32(2)12-11-16-9-10-21(34-3)22(13-16)35-4)14-20(30-24(23)36-31-15)17-7-5-6-8-19(17)26(27,28)29/h5-10,13-14H,11-12H2,1-4H3. The van der Waals surface area contributed by atoms with Crippen LogP contribution in [0.4, 0.5) is 13.2 Å². The van der Waals surface area contributed by atoms with Crippen molar-refractivity contribution in [1.82, 2.24) is 15.0 Å². The molecule has 0 fully saturated rings. The molecule has 2 aromatic carbocycles. The number of amides is 1. The minimum absolute atomic E-state index is 0.00128. The Hall–Kier alpha value is -4.08. The van der Waals surface area contributed by atoms with Gasteiger partial charge in [0.05, 0.1) is 42.1 Å². The van der Waals surface area contributed by atoms with Crippen molar-refractivity contribution in [3.63, 3.8) is 0 Å². The Labute approximate surface area is 205 Å². The van der Waals surface area contributed by atoms with Crippen molar-refractivity contribution in [2.45, 2.75) is 19.5 Å². The van der Waals surface area contributed by atoms with Crippen molar-refractivity contribution in [1.29, 1.82) is 0 Å². The summed E-state index contributed by atoms with van der Waals surface area (Å²) < 4.78 is 56.8. The van der Waals surface area contributed by atoms with Crippen molar-refractivity contribution in [2.75, 3.05) is 27.8 Å². The number of fused-ring (bicyclic) bond motifs is 1. The predicted molar refractivity (Wildman–Crippen MR) is 127 cm³/mol. The van der Waals surface area contributed by atoms with Gasteiger partial charge in [-0.2, -0.15) is 13.2 Å². The first kappa shape index (κ1) is 25.0. The molecule has 36 heavy (non-hydrogen) atoms. The zero-order valence-electron chi connectivity index (χ0n) is 20.1. The summed E-state index contributed by atoms with van der Waals surface area (Å²) in [6, 6.07) is 11.9. The number of benzene rings is 2. The lowest BCUT2D eigenvalue weighted by Gasteiger charge is -2.19. The normalized spacial score (nSPS) is 11.5. The maximum absolute atomic E-state index is 13.6. The second kappa shape index (κ2) is 9.88. The van der Waals surface area contributed by atoms with E-state index in [1.165, 1.54) is 29.2 Å². The maximum atomic E-state index is 13.6. The molecule has 0 saturated heterocycles. The van der Waals surface area contributed by atoms with E-state index < -0.39 is 11.7 Å². The van der Waals surface area contributed by atoms with Gasteiger partial charge in [-0.1, -0.05) is 29.4 Å². The molecule has 7 nitrogen and oxygen atoms in total. The zero-order valence-corrected chi connectivity index (χ0v) is 20.1. The van der Waals surface area contributed by atoms with Crippen molar-refractivity contribution < 1.29 is 32.0 Å². The number of ether oxygens (including phenoxy) is 2. The molecule has 0 aliphatic carbocycles. The van der Waals surface area contributed by atoms with Crippen LogP contribution >= 0.6 is 0 Å². The lowest BCUT2D eigenvalue weighted by Crippen LogP contribution is -2.29. The van der Waals surface area contributed by atoms with Crippen LogP contribution in [0.5, 0.6) is 11.5 Å². The number of hydrogen-bond donors (Lipinski definition) is 0.